The molecule has 0 saturated heterocycles. The van der Waals surface area contributed by atoms with E-state index >= 15 is 0 Å². The van der Waals surface area contributed by atoms with E-state index in [2.05, 4.69) is 23.1 Å². The molecule has 0 unspecified atom stereocenters. The molecule has 0 radical (unpaired) electrons. The molecule has 6 heteroatoms. The molecule has 3 heterocycles. The number of carbonyl (C=O) groups is 1. The molecule has 5 nitrogen and oxygen atoms in total. The zero-order chi connectivity index (χ0) is 21.0. The first-order chi connectivity index (χ1) is 14.5. The Morgan fingerprint density at radius 2 is 1.83 bits per heavy atom. The Labute approximate surface area is 179 Å². The van der Waals surface area contributed by atoms with Crippen LogP contribution in [0.4, 0.5) is 5.69 Å². The third-order valence-electron chi connectivity index (χ3n) is 5.74. The Morgan fingerprint density at radius 1 is 1.10 bits per heavy atom. The Balaban J connectivity index is 1.62. The molecule has 1 aliphatic heterocycles. The quantitative estimate of drug-likeness (QED) is 0.446. The highest BCUT2D eigenvalue weighted by molar-refractivity contribution is 6.39. The second kappa shape index (κ2) is 6.96. The average molecular weight is 417 g/mol. The molecular formula is C24H21ClN4O. The number of anilines is 1. The summed E-state index contributed by atoms with van der Waals surface area (Å²) in [7, 11) is 0. The van der Waals surface area contributed by atoms with Gasteiger partial charge in [-0.1, -0.05) is 47.5 Å². The SMILES string of the molecule is Cc1ccc(-n2nc(C)c3c(Cl)c(C(=O)N4c5ccccc5C[C@H]4C)cnc32)cc1. The molecule has 0 N–H and O–H groups in total. The second-order valence-electron chi connectivity index (χ2n) is 7.87. The first-order valence-electron chi connectivity index (χ1n) is 9.98. The summed E-state index contributed by atoms with van der Waals surface area (Å²) in [6, 6.07) is 16.1. The topological polar surface area (TPSA) is 51.0 Å². The number of hydrogen-bond donors (Lipinski definition) is 0. The Kier molecular flexibility index (Phi) is 4.36. The molecule has 1 atom stereocenters. The predicted molar refractivity (Wildman–Crippen MR) is 120 cm³/mol. The van der Waals surface area contributed by atoms with E-state index in [0.29, 0.717) is 21.6 Å². The van der Waals surface area contributed by atoms with Gasteiger partial charge in [0.1, 0.15) is 0 Å². The highest BCUT2D eigenvalue weighted by atomic mass is 35.5. The van der Waals surface area contributed by atoms with Crippen molar-refractivity contribution in [2.45, 2.75) is 33.2 Å². The van der Waals surface area contributed by atoms with Crippen LogP contribution in [0.25, 0.3) is 16.7 Å². The van der Waals surface area contributed by atoms with Gasteiger partial charge in [0.25, 0.3) is 5.91 Å². The summed E-state index contributed by atoms with van der Waals surface area (Å²) >= 11 is 6.78. The number of amides is 1. The van der Waals surface area contributed by atoms with E-state index < -0.39 is 0 Å². The van der Waals surface area contributed by atoms with Crippen LogP contribution in [0, 0.1) is 13.8 Å². The third-order valence-corrected chi connectivity index (χ3v) is 6.14. The van der Waals surface area contributed by atoms with Gasteiger partial charge in [0.2, 0.25) is 0 Å². The van der Waals surface area contributed by atoms with Crippen LogP contribution in [-0.2, 0) is 6.42 Å². The van der Waals surface area contributed by atoms with Crippen LogP contribution in [0.2, 0.25) is 5.02 Å². The summed E-state index contributed by atoms with van der Waals surface area (Å²) in [6.07, 6.45) is 2.41. The number of benzene rings is 2. The number of rotatable bonds is 2. The molecule has 0 saturated carbocycles. The lowest BCUT2D eigenvalue weighted by Crippen LogP contribution is -2.36. The van der Waals surface area contributed by atoms with Crippen molar-refractivity contribution in [3.05, 3.63) is 82.1 Å². The van der Waals surface area contributed by atoms with Gasteiger partial charge in [-0.05, 0) is 51.0 Å². The number of nitrogens with zero attached hydrogens (tertiary/aromatic N) is 4. The summed E-state index contributed by atoms with van der Waals surface area (Å²) < 4.78 is 1.78. The minimum absolute atomic E-state index is 0.0676. The molecule has 0 spiro atoms. The number of fused-ring (bicyclic) bond motifs is 2. The van der Waals surface area contributed by atoms with Gasteiger partial charge in [-0.25, -0.2) is 9.67 Å². The standard InChI is InChI=1S/C24H21ClN4O/c1-14-8-10-18(11-9-14)29-23-21(16(3)27-29)22(25)19(13-26-23)24(30)28-15(2)12-17-6-4-5-7-20(17)28/h4-11,13,15H,12H2,1-3H3/t15-/m1/s1. The van der Waals surface area contributed by atoms with E-state index in [9.17, 15) is 4.79 Å². The van der Waals surface area contributed by atoms with Crippen molar-refractivity contribution in [1.29, 1.82) is 0 Å². The smallest absolute Gasteiger partial charge is 0.261 e. The van der Waals surface area contributed by atoms with Crippen LogP contribution in [0.5, 0.6) is 0 Å². The van der Waals surface area contributed by atoms with E-state index in [1.54, 1.807) is 10.9 Å². The van der Waals surface area contributed by atoms with Crippen LogP contribution < -0.4 is 4.90 Å². The number of para-hydroxylation sites is 1. The van der Waals surface area contributed by atoms with E-state index in [0.717, 1.165) is 23.5 Å². The number of pyridine rings is 1. The van der Waals surface area contributed by atoms with Crippen LogP contribution in [0.15, 0.2) is 54.7 Å². The Hall–Kier alpha value is -3.18. The third kappa shape index (κ3) is 2.81. The summed E-state index contributed by atoms with van der Waals surface area (Å²) in [6.45, 7) is 5.99. The van der Waals surface area contributed by atoms with Crippen molar-refractivity contribution in [1.82, 2.24) is 14.8 Å². The fraction of sp³-hybridized carbons (Fsp3) is 0.208. The van der Waals surface area contributed by atoms with Gasteiger partial charge in [-0.3, -0.25) is 4.79 Å². The van der Waals surface area contributed by atoms with Crippen molar-refractivity contribution in [3.8, 4) is 5.69 Å². The van der Waals surface area contributed by atoms with Crippen LogP contribution >= 0.6 is 11.6 Å². The van der Waals surface area contributed by atoms with Gasteiger partial charge in [-0.15, -0.1) is 0 Å². The van der Waals surface area contributed by atoms with Crippen LogP contribution in [0.1, 0.15) is 34.1 Å². The number of aromatic nitrogens is 3. The summed E-state index contributed by atoms with van der Waals surface area (Å²) in [5.41, 5.74) is 5.99. The van der Waals surface area contributed by atoms with Crippen LogP contribution in [-0.4, -0.2) is 26.7 Å². The highest BCUT2D eigenvalue weighted by Crippen LogP contribution is 2.36. The van der Waals surface area contributed by atoms with E-state index in [-0.39, 0.29) is 11.9 Å². The van der Waals surface area contributed by atoms with Crippen molar-refractivity contribution >= 4 is 34.2 Å². The van der Waals surface area contributed by atoms with Crippen molar-refractivity contribution in [2.75, 3.05) is 4.90 Å². The minimum Gasteiger partial charge on any atom is -0.305 e. The maximum absolute atomic E-state index is 13.5. The maximum Gasteiger partial charge on any atom is 0.261 e. The van der Waals surface area contributed by atoms with E-state index in [1.807, 2.05) is 61.2 Å². The molecule has 1 aliphatic rings. The second-order valence-corrected chi connectivity index (χ2v) is 8.25. The number of hydrogen-bond acceptors (Lipinski definition) is 3. The predicted octanol–water partition coefficient (Wildman–Crippen LogP) is 5.28. The molecule has 2 aromatic carbocycles. The van der Waals surface area contributed by atoms with Gasteiger partial charge in [0, 0.05) is 17.9 Å². The zero-order valence-corrected chi connectivity index (χ0v) is 17.8. The lowest BCUT2D eigenvalue weighted by atomic mass is 10.1. The fourth-order valence-electron chi connectivity index (χ4n) is 4.23. The number of aryl methyl sites for hydroxylation is 2. The molecule has 30 heavy (non-hydrogen) atoms. The highest BCUT2D eigenvalue weighted by Gasteiger charge is 2.33. The molecule has 0 bridgehead atoms. The first-order valence-corrected chi connectivity index (χ1v) is 10.4. The van der Waals surface area contributed by atoms with Gasteiger partial charge in [-0.2, -0.15) is 5.10 Å². The fourth-order valence-corrected chi connectivity index (χ4v) is 4.58. The maximum atomic E-state index is 13.5. The molecule has 1 amide bonds. The zero-order valence-electron chi connectivity index (χ0n) is 17.1. The van der Waals surface area contributed by atoms with Crippen molar-refractivity contribution in [3.63, 3.8) is 0 Å². The molecule has 2 aromatic heterocycles. The van der Waals surface area contributed by atoms with Crippen molar-refractivity contribution in [2.24, 2.45) is 0 Å². The van der Waals surface area contributed by atoms with Gasteiger partial charge in [0.15, 0.2) is 5.65 Å². The lowest BCUT2D eigenvalue weighted by Gasteiger charge is -2.23. The minimum atomic E-state index is -0.130. The average Bonchev–Trinajstić information content (AvgIpc) is 3.25. The Bertz CT molecular complexity index is 1290. The van der Waals surface area contributed by atoms with Crippen LogP contribution in [0.3, 0.4) is 0 Å². The molecule has 0 aliphatic carbocycles. The molecule has 5 rings (SSSR count). The molecule has 4 aromatic rings. The normalized spacial score (nSPS) is 15.6. The van der Waals surface area contributed by atoms with Gasteiger partial charge >= 0.3 is 0 Å². The van der Waals surface area contributed by atoms with E-state index in [4.69, 9.17) is 11.6 Å². The monoisotopic (exact) mass is 416 g/mol. The van der Waals surface area contributed by atoms with E-state index in [1.165, 1.54) is 11.1 Å². The number of carbonyl (C=O) groups excluding carboxylic acids is 1. The molecular weight excluding hydrogens is 396 g/mol. The largest absolute Gasteiger partial charge is 0.305 e. The number of halogens is 1. The van der Waals surface area contributed by atoms with Crippen molar-refractivity contribution < 1.29 is 4.79 Å². The first kappa shape index (κ1) is 18.8. The summed E-state index contributed by atoms with van der Waals surface area (Å²) in [4.78, 5) is 19.9. The molecule has 0 fully saturated rings. The molecule has 150 valence electrons. The van der Waals surface area contributed by atoms with Gasteiger partial charge < -0.3 is 4.90 Å². The lowest BCUT2D eigenvalue weighted by molar-refractivity contribution is 0.0981. The summed E-state index contributed by atoms with van der Waals surface area (Å²) in [5, 5.41) is 5.76. The van der Waals surface area contributed by atoms with Gasteiger partial charge in [0.05, 0.1) is 27.4 Å². The Morgan fingerprint density at radius 3 is 2.60 bits per heavy atom. The summed E-state index contributed by atoms with van der Waals surface area (Å²) in [5.74, 6) is -0.130.